The average Bonchev–Trinajstić information content (AvgIpc) is 2.01. The second-order valence-electron chi connectivity index (χ2n) is 2.98. The molecular weight excluding hydrogens is 268 g/mol. The van der Waals surface area contributed by atoms with Gasteiger partial charge in [-0.25, -0.2) is 8.42 Å². The van der Waals surface area contributed by atoms with Gasteiger partial charge in [0.05, 0.1) is 11.1 Å². The van der Waals surface area contributed by atoms with Gasteiger partial charge in [0.1, 0.15) is 0 Å². The van der Waals surface area contributed by atoms with Crippen LogP contribution in [-0.2, 0) is 9.84 Å². The molecule has 0 aliphatic heterocycles. The molecule has 0 aliphatic rings. The molecule has 0 unspecified atom stereocenters. The van der Waals surface area contributed by atoms with Gasteiger partial charge in [0, 0.05) is 16.3 Å². The van der Waals surface area contributed by atoms with Crippen LogP contribution in [-0.4, -0.2) is 14.7 Å². The van der Waals surface area contributed by atoms with Crippen LogP contribution in [0.1, 0.15) is 11.7 Å². The lowest BCUT2D eigenvalue weighted by Gasteiger charge is -2.11. The third-order valence-electron chi connectivity index (χ3n) is 1.73. The first-order chi connectivity index (χ1) is 6.32. The summed E-state index contributed by atoms with van der Waals surface area (Å²) in [4.78, 5) is 0.168. The van der Waals surface area contributed by atoms with E-state index < -0.39 is 16.0 Å². The Labute approximate surface area is 91.3 Å². The fourth-order valence-corrected chi connectivity index (χ4v) is 2.59. The summed E-state index contributed by atoms with van der Waals surface area (Å²) in [6, 6.07) is 4.80. The second kappa shape index (κ2) is 3.98. The Kier molecular flexibility index (Phi) is 3.31. The van der Waals surface area contributed by atoms with Crippen LogP contribution in [0.2, 0.25) is 0 Å². The zero-order valence-corrected chi connectivity index (χ0v) is 9.97. The molecule has 0 fully saturated rings. The van der Waals surface area contributed by atoms with Crippen LogP contribution in [0.25, 0.3) is 0 Å². The summed E-state index contributed by atoms with van der Waals surface area (Å²) in [5, 5.41) is 0. The first-order valence-electron chi connectivity index (χ1n) is 3.83. The van der Waals surface area contributed by atoms with Gasteiger partial charge in [-0.15, -0.1) is 0 Å². The minimum absolute atomic E-state index is 0.168. The smallest absolute Gasteiger partial charge is 0.175 e. The summed E-state index contributed by atoms with van der Waals surface area (Å²) in [7, 11) is -3.29. The summed E-state index contributed by atoms with van der Waals surface area (Å²) in [5.74, 6) is 0. The van der Waals surface area contributed by atoms with Gasteiger partial charge in [-0.3, -0.25) is 0 Å². The maximum Gasteiger partial charge on any atom is 0.175 e. The highest BCUT2D eigenvalue weighted by Gasteiger charge is 2.16. The lowest BCUT2D eigenvalue weighted by molar-refractivity contribution is 0.598. The van der Waals surface area contributed by atoms with E-state index in [1.807, 2.05) is 0 Å². The number of hydrogen-bond donors (Lipinski definition) is 2. The Morgan fingerprint density at radius 1 is 1.36 bits per heavy atom. The van der Waals surface area contributed by atoms with Crippen LogP contribution in [0.4, 0.5) is 0 Å². The lowest BCUT2D eigenvalue weighted by atomic mass is 10.2. The molecule has 0 radical (unpaired) electrons. The van der Waals surface area contributed by atoms with Crippen LogP contribution >= 0.6 is 15.9 Å². The van der Waals surface area contributed by atoms with E-state index >= 15 is 0 Å². The van der Waals surface area contributed by atoms with E-state index in [2.05, 4.69) is 15.9 Å². The summed E-state index contributed by atoms with van der Waals surface area (Å²) >= 11 is 3.19. The number of benzene rings is 1. The molecule has 0 saturated heterocycles. The molecule has 0 spiro atoms. The van der Waals surface area contributed by atoms with E-state index in [0.717, 1.165) is 6.26 Å². The average molecular weight is 279 g/mol. The highest BCUT2D eigenvalue weighted by Crippen LogP contribution is 2.23. The topological polar surface area (TPSA) is 86.2 Å². The Morgan fingerprint density at radius 3 is 2.36 bits per heavy atom. The van der Waals surface area contributed by atoms with Crippen LogP contribution in [0, 0.1) is 0 Å². The highest BCUT2D eigenvalue weighted by atomic mass is 79.9. The molecule has 4 N–H and O–H groups in total. The SMILES string of the molecule is CS(=O)(=O)c1cc(Br)ccc1C(N)N. The highest BCUT2D eigenvalue weighted by molar-refractivity contribution is 9.10. The number of hydrogen-bond acceptors (Lipinski definition) is 4. The Balaban J connectivity index is 3.46. The van der Waals surface area contributed by atoms with Gasteiger partial charge in [-0.2, -0.15) is 0 Å². The van der Waals surface area contributed by atoms with Crippen molar-refractivity contribution in [3.63, 3.8) is 0 Å². The molecule has 14 heavy (non-hydrogen) atoms. The number of sulfone groups is 1. The summed E-state index contributed by atoms with van der Waals surface area (Å²) in [6.07, 6.45) is 0.341. The fraction of sp³-hybridized carbons (Fsp3) is 0.250. The normalized spacial score (nSPS) is 12.1. The maximum atomic E-state index is 11.4. The molecule has 0 atom stereocenters. The van der Waals surface area contributed by atoms with Crippen molar-refractivity contribution < 1.29 is 8.42 Å². The van der Waals surface area contributed by atoms with Gasteiger partial charge in [-0.05, 0) is 12.1 Å². The third-order valence-corrected chi connectivity index (χ3v) is 3.38. The fourth-order valence-electron chi connectivity index (χ4n) is 1.10. The molecule has 0 aliphatic carbocycles. The summed E-state index contributed by atoms with van der Waals surface area (Å²) < 4.78 is 23.4. The van der Waals surface area contributed by atoms with Crippen molar-refractivity contribution in [2.75, 3.05) is 6.26 Å². The standard InChI is InChI=1S/C8H11BrN2O2S/c1-14(12,13)7-4-5(9)2-3-6(7)8(10)11/h2-4,8H,10-11H2,1H3. The Bertz CT molecular complexity index is 443. The van der Waals surface area contributed by atoms with Crippen LogP contribution in [0.5, 0.6) is 0 Å². The van der Waals surface area contributed by atoms with Crippen molar-refractivity contribution in [1.82, 2.24) is 0 Å². The molecule has 1 rings (SSSR count). The zero-order chi connectivity index (χ0) is 10.9. The van der Waals surface area contributed by atoms with Crippen molar-refractivity contribution in [3.8, 4) is 0 Å². The Hall–Kier alpha value is -0.430. The predicted molar refractivity (Wildman–Crippen MR) is 58.4 cm³/mol. The van der Waals surface area contributed by atoms with Gasteiger partial charge in [0.15, 0.2) is 9.84 Å². The van der Waals surface area contributed by atoms with Crippen molar-refractivity contribution in [2.24, 2.45) is 11.5 Å². The lowest BCUT2D eigenvalue weighted by Crippen LogP contribution is -2.22. The molecule has 1 aromatic carbocycles. The quantitative estimate of drug-likeness (QED) is 0.783. The molecule has 1 aromatic rings. The van der Waals surface area contributed by atoms with E-state index in [-0.39, 0.29) is 4.90 Å². The first-order valence-corrected chi connectivity index (χ1v) is 6.51. The second-order valence-corrected chi connectivity index (χ2v) is 5.88. The van der Waals surface area contributed by atoms with Crippen LogP contribution in [0.3, 0.4) is 0 Å². The van der Waals surface area contributed by atoms with Crippen molar-refractivity contribution >= 4 is 25.8 Å². The molecule has 0 amide bonds. The minimum atomic E-state index is -3.29. The monoisotopic (exact) mass is 278 g/mol. The van der Waals surface area contributed by atoms with E-state index in [9.17, 15) is 8.42 Å². The largest absolute Gasteiger partial charge is 0.312 e. The van der Waals surface area contributed by atoms with Crippen molar-refractivity contribution in [3.05, 3.63) is 28.2 Å². The molecule has 0 aromatic heterocycles. The van der Waals surface area contributed by atoms with Crippen LogP contribution in [0.15, 0.2) is 27.6 Å². The van der Waals surface area contributed by atoms with Crippen molar-refractivity contribution in [2.45, 2.75) is 11.1 Å². The zero-order valence-electron chi connectivity index (χ0n) is 7.57. The third kappa shape index (κ3) is 2.54. The molecular formula is C8H11BrN2O2S. The maximum absolute atomic E-state index is 11.4. The van der Waals surface area contributed by atoms with E-state index in [1.54, 1.807) is 12.1 Å². The number of nitrogens with two attached hydrogens (primary N) is 2. The van der Waals surface area contributed by atoms with Gasteiger partial charge in [0.25, 0.3) is 0 Å². The molecule has 0 heterocycles. The van der Waals surface area contributed by atoms with Gasteiger partial charge >= 0.3 is 0 Å². The molecule has 6 heteroatoms. The van der Waals surface area contributed by atoms with Gasteiger partial charge in [0.2, 0.25) is 0 Å². The predicted octanol–water partition coefficient (Wildman–Crippen LogP) is 0.769. The van der Waals surface area contributed by atoms with E-state index in [4.69, 9.17) is 11.5 Å². The molecule has 0 saturated carbocycles. The van der Waals surface area contributed by atoms with Gasteiger partial charge in [-0.1, -0.05) is 22.0 Å². The summed E-state index contributed by atoms with van der Waals surface area (Å²) in [5.41, 5.74) is 11.3. The molecule has 0 bridgehead atoms. The molecule has 78 valence electrons. The van der Waals surface area contributed by atoms with Crippen LogP contribution < -0.4 is 11.5 Å². The first kappa shape index (κ1) is 11.6. The number of rotatable bonds is 2. The Morgan fingerprint density at radius 2 is 1.93 bits per heavy atom. The molecule has 4 nitrogen and oxygen atoms in total. The van der Waals surface area contributed by atoms with Crippen molar-refractivity contribution in [1.29, 1.82) is 0 Å². The van der Waals surface area contributed by atoms with E-state index in [0.29, 0.717) is 10.0 Å². The van der Waals surface area contributed by atoms with Gasteiger partial charge < -0.3 is 11.5 Å². The number of halogens is 1. The minimum Gasteiger partial charge on any atom is -0.312 e. The summed E-state index contributed by atoms with van der Waals surface area (Å²) in [6.45, 7) is 0. The van der Waals surface area contributed by atoms with E-state index in [1.165, 1.54) is 6.07 Å².